The third-order valence-corrected chi connectivity index (χ3v) is 4.78. The van der Waals surface area contributed by atoms with E-state index in [1.807, 2.05) is 17.0 Å². The molecule has 0 saturated carbocycles. The van der Waals surface area contributed by atoms with Gasteiger partial charge >= 0.3 is 0 Å². The van der Waals surface area contributed by atoms with Crippen LogP contribution in [0.15, 0.2) is 24.5 Å². The Morgan fingerprint density at radius 1 is 1.24 bits per heavy atom. The fraction of sp³-hybridized carbons (Fsp3) is 0.700. The van der Waals surface area contributed by atoms with E-state index in [1.165, 1.54) is 0 Å². The summed E-state index contributed by atoms with van der Waals surface area (Å²) in [5.74, 6) is 0.619. The van der Waals surface area contributed by atoms with E-state index in [9.17, 15) is 4.79 Å². The van der Waals surface area contributed by atoms with E-state index in [0.717, 1.165) is 18.4 Å². The molecule has 2 rings (SSSR count). The van der Waals surface area contributed by atoms with Gasteiger partial charge in [0.05, 0.1) is 6.61 Å². The number of hydrogen-bond donors (Lipinski definition) is 1. The minimum atomic E-state index is 0.0646. The quantitative estimate of drug-likeness (QED) is 0.824. The molecule has 1 aromatic heterocycles. The zero-order valence-electron chi connectivity index (χ0n) is 16.3. The highest BCUT2D eigenvalue weighted by atomic mass is 16.5. The molecule has 1 N–H and O–H groups in total. The predicted molar refractivity (Wildman–Crippen MR) is 100 cm³/mol. The lowest BCUT2D eigenvalue weighted by atomic mass is 9.74. The second-order valence-corrected chi connectivity index (χ2v) is 8.53. The standard InChI is InChI=1S/C20H33N3O2/c1-19(2)13-17(14-20(3,4)22-19)12-18(24)23(10-11-25-5)15-16-6-8-21-9-7-16/h6-9,17,22H,10-15H2,1-5H3. The number of aromatic nitrogens is 1. The SMILES string of the molecule is COCCN(Cc1ccncc1)C(=O)CC1CC(C)(C)NC(C)(C)C1. The number of carbonyl (C=O) groups excluding carboxylic acids is 1. The van der Waals surface area contributed by atoms with Crippen LogP contribution >= 0.6 is 0 Å². The lowest BCUT2D eigenvalue weighted by Gasteiger charge is -2.46. The van der Waals surface area contributed by atoms with Gasteiger partial charge in [-0.1, -0.05) is 0 Å². The fourth-order valence-electron chi connectivity index (χ4n) is 4.26. The summed E-state index contributed by atoms with van der Waals surface area (Å²) in [4.78, 5) is 18.9. The largest absolute Gasteiger partial charge is 0.383 e. The van der Waals surface area contributed by atoms with Crippen LogP contribution < -0.4 is 5.32 Å². The molecule has 0 bridgehead atoms. The second kappa shape index (κ2) is 8.28. The molecule has 25 heavy (non-hydrogen) atoms. The third-order valence-electron chi connectivity index (χ3n) is 4.78. The highest BCUT2D eigenvalue weighted by Gasteiger charge is 2.38. The Labute approximate surface area is 152 Å². The molecule has 1 aliphatic rings. The zero-order chi connectivity index (χ0) is 18.5. The average Bonchev–Trinajstić information content (AvgIpc) is 2.49. The average molecular weight is 348 g/mol. The van der Waals surface area contributed by atoms with Crippen molar-refractivity contribution in [3.63, 3.8) is 0 Å². The minimum Gasteiger partial charge on any atom is -0.383 e. The normalized spacial score (nSPS) is 19.6. The van der Waals surface area contributed by atoms with Crippen molar-refractivity contribution >= 4 is 5.91 Å². The molecule has 5 heteroatoms. The maximum absolute atomic E-state index is 13.0. The van der Waals surface area contributed by atoms with Gasteiger partial charge in [-0.15, -0.1) is 0 Å². The summed E-state index contributed by atoms with van der Waals surface area (Å²) in [6.07, 6.45) is 6.19. The molecule has 2 heterocycles. The van der Waals surface area contributed by atoms with E-state index in [2.05, 4.69) is 38.0 Å². The van der Waals surface area contributed by atoms with Gasteiger partial charge in [0.25, 0.3) is 0 Å². The second-order valence-electron chi connectivity index (χ2n) is 8.53. The van der Waals surface area contributed by atoms with Crippen LogP contribution in [0.1, 0.15) is 52.5 Å². The number of methoxy groups -OCH3 is 1. The van der Waals surface area contributed by atoms with Gasteiger partial charge in [0, 0.05) is 50.1 Å². The molecule has 1 aromatic rings. The maximum atomic E-state index is 13.0. The van der Waals surface area contributed by atoms with Crippen molar-refractivity contribution in [1.82, 2.24) is 15.2 Å². The van der Waals surface area contributed by atoms with Crippen molar-refractivity contribution in [2.24, 2.45) is 5.92 Å². The maximum Gasteiger partial charge on any atom is 0.223 e. The fourth-order valence-corrected chi connectivity index (χ4v) is 4.26. The Morgan fingerprint density at radius 2 is 1.84 bits per heavy atom. The molecule has 0 atom stereocenters. The molecule has 1 amide bonds. The first-order valence-corrected chi connectivity index (χ1v) is 9.16. The van der Waals surface area contributed by atoms with Gasteiger partial charge in [-0.05, 0) is 64.2 Å². The molecular weight excluding hydrogens is 314 g/mol. The lowest BCUT2D eigenvalue weighted by molar-refractivity contribution is -0.134. The first kappa shape index (κ1) is 19.9. The van der Waals surface area contributed by atoms with E-state index < -0.39 is 0 Å². The molecule has 5 nitrogen and oxygen atoms in total. The summed E-state index contributed by atoms with van der Waals surface area (Å²) >= 11 is 0. The summed E-state index contributed by atoms with van der Waals surface area (Å²) in [5, 5.41) is 3.69. The molecule has 0 unspecified atom stereocenters. The summed E-state index contributed by atoms with van der Waals surface area (Å²) in [7, 11) is 1.67. The van der Waals surface area contributed by atoms with Crippen molar-refractivity contribution in [3.8, 4) is 0 Å². The molecule has 0 aliphatic carbocycles. The van der Waals surface area contributed by atoms with Gasteiger partial charge in [-0.25, -0.2) is 0 Å². The van der Waals surface area contributed by atoms with Crippen LogP contribution in [-0.4, -0.2) is 47.1 Å². The molecule has 1 fully saturated rings. The Bertz CT molecular complexity index is 541. The number of nitrogens with zero attached hydrogens (tertiary/aromatic N) is 2. The van der Waals surface area contributed by atoms with Crippen molar-refractivity contribution in [2.45, 2.75) is 64.6 Å². The van der Waals surface area contributed by atoms with Gasteiger partial charge in [-0.3, -0.25) is 9.78 Å². The molecular formula is C20H33N3O2. The first-order chi connectivity index (χ1) is 11.7. The van der Waals surface area contributed by atoms with Crippen LogP contribution in [0, 0.1) is 5.92 Å². The number of hydrogen-bond acceptors (Lipinski definition) is 4. The van der Waals surface area contributed by atoms with E-state index >= 15 is 0 Å². The molecule has 0 spiro atoms. The summed E-state index contributed by atoms with van der Waals surface area (Å²) < 4.78 is 5.20. The molecule has 0 radical (unpaired) electrons. The van der Waals surface area contributed by atoms with E-state index in [0.29, 0.717) is 32.0 Å². The number of amides is 1. The van der Waals surface area contributed by atoms with Crippen LogP contribution in [-0.2, 0) is 16.1 Å². The van der Waals surface area contributed by atoms with Gasteiger partial charge < -0.3 is 15.0 Å². The molecule has 0 aromatic carbocycles. The van der Waals surface area contributed by atoms with Gasteiger partial charge in [0.1, 0.15) is 0 Å². The smallest absolute Gasteiger partial charge is 0.223 e. The predicted octanol–water partition coefficient (Wildman–Crippen LogP) is 3.00. The topological polar surface area (TPSA) is 54.5 Å². The number of pyridine rings is 1. The summed E-state index contributed by atoms with van der Waals surface area (Å²) in [6.45, 7) is 10.7. The Morgan fingerprint density at radius 3 is 2.40 bits per heavy atom. The molecule has 1 aliphatic heterocycles. The highest BCUT2D eigenvalue weighted by Crippen LogP contribution is 2.35. The number of rotatable bonds is 7. The van der Waals surface area contributed by atoms with E-state index in [-0.39, 0.29) is 17.0 Å². The van der Waals surface area contributed by atoms with Crippen LogP contribution in [0.5, 0.6) is 0 Å². The van der Waals surface area contributed by atoms with Crippen LogP contribution in [0.4, 0.5) is 0 Å². The number of nitrogens with one attached hydrogen (secondary N) is 1. The van der Waals surface area contributed by atoms with E-state index in [4.69, 9.17) is 4.74 Å². The third kappa shape index (κ3) is 6.40. The minimum absolute atomic E-state index is 0.0646. The monoisotopic (exact) mass is 347 g/mol. The summed E-state index contributed by atoms with van der Waals surface area (Å²) in [6, 6.07) is 3.92. The number of piperidine rings is 1. The van der Waals surface area contributed by atoms with E-state index in [1.54, 1.807) is 19.5 Å². The van der Waals surface area contributed by atoms with Crippen molar-refractivity contribution in [2.75, 3.05) is 20.3 Å². The zero-order valence-corrected chi connectivity index (χ0v) is 16.3. The van der Waals surface area contributed by atoms with Gasteiger partial charge in [-0.2, -0.15) is 0 Å². The van der Waals surface area contributed by atoms with Crippen molar-refractivity contribution < 1.29 is 9.53 Å². The lowest BCUT2D eigenvalue weighted by Crippen LogP contribution is -2.58. The Hall–Kier alpha value is -1.46. The van der Waals surface area contributed by atoms with Crippen molar-refractivity contribution in [3.05, 3.63) is 30.1 Å². The van der Waals surface area contributed by atoms with Crippen molar-refractivity contribution in [1.29, 1.82) is 0 Å². The Kier molecular flexibility index (Phi) is 6.58. The molecule has 140 valence electrons. The van der Waals surface area contributed by atoms with Gasteiger partial charge in [0.2, 0.25) is 5.91 Å². The highest BCUT2D eigenvalue weighted by molar-refractivity contribution is 5.76. The van der Waals surface area contributed by atoms with Crippen LogP contribution in [0.2, 0.25) is 0 Å². The first-order valence-electron chi connectivity index (χ1n) is 9.16. The number of carbonyl (C=O) groups is 1. The van der Waals surface area contributed by atoms with Gasteiger partial charge in [0.15, 0.2) is 0 Å². The summed E-state index contributed by atoms with van der Waals surface area (Å²) in [5.41, 5.74) is 1.23. The van der Waals surface area contributed by atoms with Crippen LogP contribution in [0.25, 0.3) is 0 Å². The van der Waals surface area contributed by atoms with Crippen LogP contribution in [0.3, 0.4) is 0 Å². The molecule has 1 saturated heterocycles. The number of ether oxygens (including phenoxy) is 1. The Balaban J connectivity index is 2.03.